The van der Waals surface area contributed by atoms with E-state index in [1.54, 1.807) is 0 Å². The molecule has 2 heteroatoms. The first kappa shape index (κ1) is 13.9. The van der Waals surface area contributed by atoms with Crippen molar-refractivity contribution in [3.8, 4) is 0 Å². The van der Waals surface area contributed by atoms with Crippen LogP contribution >= 0.6 is 0 Å². The Morgan fingerprint density at radius 1 is 1.11 bits per heavy atom. The highest BCUT2D eigenvalue weighted by Crippen LogP contribution is 2.37. The van der Waals surface area contributed by atoms with Crippen molar-refractivity contribution >= 4 is 0 Å². The van der Waals surface area contributed by atoms with Crippen molar-refractivity contribution in [1.82, 2.24) is 10.2 Å². The molecule has 2 unspecified atom stereocenters. The summed E-state index contributed by atoms with van der Waals surface area (Å²) in [7, 11) is 0. The van der Waals surface area contributed by atoms with Crippen molar-refractivity contribution in [3.05, 3.63) is 0 Å². The molecule has 0 radical (unpaired) electrons. The zero-order valence-electron chi connectivity index (χ0n) is 12.8. The SMILES string of the molecule is CC1CCCC(CN2CCNCC23CCCCC3)C1. The third kappa shape index (κ3) is 3.16. The van der Waals surface area contributed by atoms with Crippen LogP contribution in [-0.4, -0.2) is 36.6 Å². The summed E-state index contributed by atoms with van der Waals surface area (Å²) in [5, 5.41) is 3.68. The smallest absolute Gasteiger partial charge is 0.0334 e. The quantitative estimate of drug-likeness (QED) is 0.822. The number of rotatable bonds is 2. The predicted molar refractivity (Wildman–Crippen MR) is 81.4 cm³/mol. The van der Waals surface area contributed by atoms with Crippen LogP contribution in [0, 0.1) is 11.8 Å². The molecule has 0 aromatic rings. The highest BCUT2D eigenvalue weighted by Gasteiger charge is 2.40. The minimum absolute atomic E-state index is 0.539. The summed E-state index contributed by atoms with van der Waals surface area (Å²) in [6, 6.07) is 0. The van der Waals surface area contributed by atoms with E-state index in [0.29, 0.717) is 5.54 Å². The molecule has 0 aromatic heterocycles. The van der Waals surface area contributed by atoms with Gasteiger partial charge in [0.1, 0.15) is 0 Å². The van der Waals surface area contributed by atoms with E-state index in [9.17, 15) is 0 Å². The number of nitrogens with zero attached hydrogens (tertiary/aromatic N) is 1. The van der Waals surface area contributed by atoms with Gasteiger partial charge >= 0.3 is 0 Å². The van der Waals surface area contributed by atoms with Crippen LogP contribution in [0.1, 0.15) is 64.7 Å². The van der Waals surface area contributed by atoms with Gasteiger partial charge in [-0.2, -0.15) is 0 Å². The molecule has 1 N–H and O–H groups in total. The summed E-state index contributed by atoms with van der Waals surface area (Å²) in [5.41, 5.74) is 0.539. The summed E-state index contributed by atoms with van der Waals surface area (Å²) in [6.45, 7) is 7.62. The van der Waals surface area contributed by atoms with E-state index in [-0.39, 0.29) is 0 Å². The Balaban J connectivity index is 1.63. The van der Waals surface area contributed by atoms with Gasteiger partial charge in [-0.1, -0.05) is 39.0 Å². The topological polar surface area (TPSA) is 15.3 Å². The van der Waals surface area contributed by atoms with E-state index >= 15 is 0 Å². The Morgan fingerprint density at radius 2 is 1.95 bits per heavy atom. The van der Waals surface area contributed by atoms with Gasteiger partial charge in [-0.05, 0) is 37.5 Å². The maximum Gasteiger partial charge on any atom is 0.0334 e. The average molecular weight is 264 g/mol. The molecule has 110 valence electrons. The van der Waals surface area contributed by atoms with Crippen LogP contribution < -0.4 is 5.32 Å². The van der Waals surface area contributed by atoms with Crippen LogP contribution in [-0.2, 0) is 0 Å². The van der Waals surface area contributed by atoms with Crippen molar-refractivity contribution in [2.75, 3.05) is 26.2 Å². The van der Waals surface area contributed by atoms with Gasteiger partial charge in [-0.25, -0.2) is 0 Å². The maximum absolute atomic E-state index is 3.68. The van der Waals surface area contributed by atoms with E-state index in [4.69, 9.17) is 0 Å². The van der Waals surface area contributed by atoms with Gasteiger partial charge in [0.2, 0.25) is 0 Å². The second-order valence-corrected chi connectivity index (χ2v) is 7.55. The molecule has 3 fully saturated rings. The van der Waals surface area contributed by atoms with Gasteiger partial charge in [0.15, 0.2) is 0 Å². The van der Waals surface area contributed by atoms with E-state index in [2.05, 4.69) is 17.1 Å². The molecule has 1 saturated heterocycles. The molecule has 2 atom stereocenters. The Kier molecular flexibility index (Phi) is 4.48. The lowest BCUT2D eigenvalue weighted by Gasteiger charge is -2.51. The van der Waals surface area contributed by atoms with Crippen molar-refractivity contribution in [2.24, 2.45) is 11.8 Å². The molecule has 1 heterocycles. The van der Waals surface area contributed by atoms with Crippen molar-refractivity contribution < 1.29 is 0 Å². The Bertz CT molecular complexity index is 275. The molecule has 2 aliphatic carbocycles. The second kappa shape index (κ2) is 6.13. The van der Waals surface area contributed by atoms with Crippen molar-refractivity contribution in [2.45, 2.75) is 70.3 Å². The molecular weight excluding hydrogens is 232 g/mol. The van der Waals surface area contributed by atoms with Crippen LogP contribution in [0.4, 0.5) is 0 Å². The van der Waals surface area contributed by atoms with Gasteiger partial charge in [-0.15, -0.1) is 0 Å². The fourth-order valence-electron chi connectivity index (χ4n) is 4.91. The Morgan fingerprint density at radius 3 is 2.74 bits per heavy atom. The molecule has 1 aliphatic heterocycles. The maximum atomic E-state index is 3.68. The first-order valence-corrected chi connectivity index (χ1v) is 8.74. The van der Waals surface area contributed by atoms with E-state index in [1.165, 1.54) is 84.0 Å². The second-order valence-electron chi connectivity index (χ2n) is 7.55. The highest BCUT2D eigenvalue weighted by atomic mass is 15.3. The third-order valence-electron chi connectivity index (χ3n) is 5.99. The predicted octanol–water partition coefficient (Wildman–Crippen LogP) is 3.42. The van der Waals surface area contributed by atoms with E-state index in [0.717, 1.165) is 11.8 Å². The van der Waals surface area contributed by atoms with Gasteiger partial charge in [0, 0.05) is 31.7 Å². The minimum Gasteiger partial charge on any atom is -0.314 e. The summed E-state index contributed by atoms with van der Waals surface area (Å²) < 4.78 is 0. The van der Waals surface area contributed by atoms with Crippen LogP contribution in [0.25, 0.3) is 0 Å². The van der Waals surface area contributed by atoms with Crippen LogP contribution in [0.15, 0.2) is 0 Å². The molecular formula is C17H32N2. The number of hydrogen-bond donors (Lipinski definition) is 1. The van der Waals surface area contributed by atoms with Crippen LogP contribution in [0.2, 0.25) is 0 Å². The number of hydrogen-bond acceptors (Lipinski definition) is 2. The highest BCUT2D eigenvalue weighted by molar-refractivity contribution is 4.98. The fourth-order valence-corrected chi connectivity index (χ4v) is 4.91. The first-order chi connectivity index (χ1) is 9.28. The zero-order valence-corrected chi connectivity index (χ0v) is 12.8. The third-order valence-corrected chi connectivity index (χ3v) is 5.99. The molecule has 0 amide bonds. The molecule has 3 aliphatic rings. The molecule has 1 spiro atoms. The Hall–Kier alpha value is -0.0800. The molecule has 0 aromatic carbocycles. The number of piperazine rings is 1. The fraction of sp³-hybridized carbons (Fsp3) is 1.00. The standard InChI is InChI=1S/C17H32N2/c1-15-6-5-7-16(12-15)13-19-11-10-18-14-17(19)8-3-2-4-9-17/h15-16,18H,2-14H2,1H3. The lowest BCUT2D eigenvalue weighted by atomic mass is 9.77. The van der Waals surface area contributed by atoms with Crippen LogP contribution in [0.5, 0.6) is 0 Å². The molecule has 2 saturated carbocycles. The van der Waals surface area contributed by atoms with Crippen LogP contribution in [0.3, 0.4) is 0 Å². The summed E-state index contributed by atoms with van der Waals surface area (Å²) in [6.07, 6.45) is 13.2. The van der Waals surface area contributed by atoms with Gasteiger partial charge in [0.05, 0.1) is 0 Å². The molecule has 3 rings (SSSR count). The average Bonchev–Trinajstić information content (AvgIpc) is 2.43. The Labute approximate surface area is 119 Å². The lowest BCUT2D eigenvalue weighted by molar-refractivity contribution is 0.00847. The summed E-state index contributed by atoms with van der Waals surface area (Å²) in [4.78, 5) is 2.91. The summed E-state index contributed by atoms with van der Waals surface area (Å²) >= 11 is 0. The monoisotopic (exact) mass is 264 g/mol. The normalized spacial score (nSPS) is 36.5. The van der Waals surface area contributed by atoms with E-state index in [1.807, 2.05) is 0 Å². The first-order valence-electron chi connectivity index (χ1n) is 8.74. The van der Waals surface area contributed by atoms with Crippen molar-refractivity contribution in [1.29, 1.82) is 0 Å². The molecule has 19 heavy (non-hydrogen) atoms. The summed E-state index contributed by atoms with van der Waals surface area (Å²) in [5.74, 6) is 1.96. The van der Waals surface area contributed by atoms with Gasteiger partial charge in [0.25, 0.3) is 0 Å². The minimum atomic E-state index is 0.539. The van der Waals surface area contributed by atoms with Crippen molar-refractivity contribution in [3.63, 3.8) is 0 Å². The largest absolute Gasteiger partial charge is 0.314 e. The molecule has 2 nitrogen and oxygen atoms in total. The van der Waals surface area contributed by atoms with Gasteiger partial charge < -0.3 is 5.32 Å². The molecule has 0 bridgehead atoms. The number of nitrogens with one attached hydrogen (secondary N) is 1. The zero-order chi connectivity index (χ0) is 13.1. The lowest BCUT2D eigenvalue weighted by Crippen LogP contribution is -2.62. The van der Waals surface area contributed by atoms with Gasteiger partial charge in [-0.3, -0.25) is 4.90 Å². The van der Waals surface area contributed by atoms with E-state index < -0.39 is 0 Å².